The third-order valence-corrected chi connectivity index (χ3v) is 5.51. The van der Waals surface area contributed by atoms with Crippen LogP contribution in [0.4, 0.5) is 5.69 Å². The monoisotopic (exact) mass is 401 g/mol. The normalized spacial score (nSPS) is 18.1. The van der Waals surface area contributed by atoms with Crippen LogP contribution in [0.1, 0.15) is 22.8 Å². The number of fused-ring (bicyclic) bond motifs is 4. The summed E-state index contributed by atoms with van der Waals surface area (Å²) in [4.78, 5) is 25.6. The minimum atomic E-state index is -1.33. The molecule has 3 aromatic carbocycles. The highest BCUT2D eigenvalue weighted by Gasteiger charge is 2.42. The van der Waals surface area contributed by atoms with Gasteiger partial charge in [-0.1, -0.05) is 36.4 Å². The summed E-state index contributed by atoms with van der Waals surface area (Å²) in [6.45, 7) is 1.61. The summed E-state index contributed by atoms with van der Waals surface area (Å²) in [6, 6.07) is 18.4. The molecule has 1 aliphatic rings. The van der Waals surface area contributed by atoms with Crippen LogP contribution in [0.2, 0.25) is 0 Å². The Balaban J connectivity index is 1.51. The van der Waals surface area contributed by atoms with Crippen molar-refractivity contribution in [2.45, 2.75) is 18.9 Å². The van der Waals surface area contributed by atoms with E-state index < -0.39 is 17.5 Å². The Bertz CT molecular complexity index is 1320. The van der Waals surface area contributed by atoms with Crippen molar-refractivity contribution >= 4 is 39.5 Å². The summed E-state index contributed by atoms with van der Waals surface area (Å²) < 4.78 is 17.0. The molecule has 0 aliphatic carbocycles. The lowest BCUT2D eigenvalue weighted by Gasteiger charge is -2.33. The number of carbonyl (C=O) groups excluding carboxylic acids is 2. The van der Waals surface area contributed by atoms with E-state index in [-0.39, 0.29) is 6.42 Å². The van der Waals surface area contributed by atoms with Gasteiger partial charge in [-0.25, -0.2) is 4.79 Å². The molecule has 1 aromatic heterocycles. The third kappa shape index (κ3) is 2.80. The lowest BCUT2D eigenvalue weighted by atomic mass is 9.89. The van der Waals surface area contributed by atoms with Crippen molar-refractivity contribution in [1.82, 2.24) is 0 Å². The molecule has 5 rings (SSSR count). The molecule has 0 saturated carbocycles. The fraction of sp³-hybridized carbons (Fsp3) is 0.167. The van der Waals surface area contributed by atoms with Gasteiger partial charge in [0, 0.05) is 23.3 Å². The van der Waals surface area contributed by atoms with E-state index in [9.17, 15) is 9.59 Å². The third-order valence-electron chi connectivity index (χ3n) is 5.51. The Morgan fingerprint density at radius 3 is 2.63 bits per heavy atom. The second-order valence-corrected chi connectivity index (χ2v) is 7.56. The zero-order valence-electron chi connectivity index (χ0n) is 16.5. The number of rotatable bonds is 3. The average Bonchev–Trinajstić information content (AvgIpc) is 3.10. The number of benzene rings is 3. The highest BCUT2D eigenvalue weighted by Crippen LogP contribution is 2.37. The first-order valence-electron chi connectivity index (χ1n) is 9.60. The quantitative estimate of drug-likeness (QED) is 0.503. The predicted octanol–water partition coefficient (Wildman–Crippen LogP) is 4.70. The van der Waals surface area contributed by atoms with E-state index in [2.05, 4.69) is 5.32 Å². The van der Waals surface area contributed by atoms with Crippen molar-refractivity contribution in [1.29, 1.82) is 0 Å². The van der Waals surface area contributed by atoms with Crippen LogP contribution in [0.15, 0.2) is 65.1 Å². The van der Waals surface area contributed by atoms with Crippen molar-refractivity contribution in [3.05, 3.63) is 71.8 Å². The Morgan fingerprint density at radius 1 is 1.03 bits per heavy atom. The fourth-order valence-electron chi connectivity index (χ4n) is 3.93. The first kappa shape index (κ1) is 18.2. The fourth-order valence-corrected chi connectivity index (χ4v) is 3.93. The van der Waals surface area contributed by atoms with Gasteiger partial charge in [-0.15, -0.1) is 0 Å². The first-order valence-corrected chi connectivity index (χ1v) is 9.60. The number of carbonyl (C=O) groups is 2. The second kappa shape index (κ2) is 6.62. The van der Waals surface area contributed by atoms with E-state index in [4.69, 9.17) is 13.9 Å². The number of anilines is 1. The molecule has 1 N–H and O–H groups in total. The molecule has 0 spiro atoms. The van der Waals surface area contributed by atoms with Crippen LogP contribution in [-0.2, 0) is 16.0 Å². The van der Waals surface area contributed by atoms with Gasteiger partial charge in [0.05, 0.1) is 18.4 Å². The van der Waals surface area contributed by atoms with E-state index in [1.165, 1.54) is 7.11 Å². The Hall–Kier alpha value is -3.80. The van der Waals surface area contributed by atoms with Crippen LogP contribution in [0.25, 0.3) is 21.9 Å². The van der Waals surface area contributed by atoms with E-state index >= 15 is 0 Å². The molecule has 1 amide bonds. The van der Waals surface area contributed by atoms with Crippen LogP contribution in [0.5, 0.6) is 5.75 Å². The molecule has 150 valence electrons. The molecule has 6 heteroatoms. The van der Waals surface area contributed by atoms with Gasteiger partial charge in [0.25, 0.3) is 5.91 Å². The summed E-state index contributed by atoms with van der Waals surface area (Å²) >= 11 is 0. The Labute approximate surface area is 172 Å². The van der Waals surface area contributed by atoms with E-state index in [1.54, 1.807) is 25.1 Å². The molecule has 0 unspecified atom stereocenters. The Morgan fingerprint density at radius 2 is 1.80 bits per heavy atom. The van der Waals surface area contributed by atoms with E-state index in [0.29, 0.717) is 22.6 Å². The summed E-state index contributed by atoms with van der Waals surface area (Å²) in [7, 11) is 1.54. The van der Waals surface area contributed by atoms with Gasteiger partial charge >= 0.3 is 5.97 Å². The zero-order valence-corrected chi connectivity index (χ0v) is 16.5. The zero-order chi connectivity index (χ0) is 20.9. The van der Waals surface area contributed by atoms with E-state index in [0.717, 1.165) is 21.9 Å². The molecule has 1 atom stereocenters. The highest BCUT2D eigenvalue weighted by atomic mass is 16.6. The number of esters is 1. The van der Waals surface area contributed by atoms with Crippen LogP contribution >= 0.6 is 0 Å². The van der Waals surface area contributed by atoms with Crippen LogP contribution < -0.4 is 10.1 Å². The number of amides is 1. The minimum Gasteiger partial charge on any atom is -0.495 e. The van der Waals surface area contributed by atoms with Crippen LogP contribution in [0, 0.1) is 0 Å². The van der Waals surface area contributed by atoms with Crippen molar-refractivity contribution in [2.75, 3.05) is 12.4 Å². The average molecular weight is 401 g/mol. The number of furan rings is 1. The molecular formula is C24H19NO5. The van der Waals surface area contributed by atoms with E-state index in [1.807, 2.05) is 42.5 Å². The van der Waals surface area contributed by atoms with Crippen molar-refractivity contribution in [3.63, 3.8) is 0 Å². The van der Waals surface area contributed by atoms with Gasteiger partial charge in [0.2, 0.25) is 0 Å². The maximum absolute atomic E-state index is 13.1. The van der Waals surface area contributed by atoms with Crippen LogP contribution in [-0.4, -0.2) is 24.6 Å². The topological polar surface area (TPSA) is 77.8 Å². The largest absolute Gasteiger partial charge is 0.495 e. The lowest BCUT2D eigenvalue weighted by Crippen LogP contribution is -2.48. The molecule has 2 heterocycles. The predicted molar refractivity (Wildman–Crippen MR) is 113 cm³/mol. The number of cyclic esters (lactones) is 1. The van der Waals surface area contributed by atoms with Gasteiger partial charge in [-0.2, -0.15) is 0 Å². The van der Waals surface area contributed by atoms with Gasteiger partial charge in [0.15, 0.2) is 5.60 Å². The maximum Gasteiger partial charge on any atom is 0.339 e. The number of hydrogen-bond acceptors (Lipinski definition) is 5. The van der Waals surface area contributed by atoms with Gasteiger partial charge in [-0.3, -0.25) is 4.79 Å². The van der Waals surface area contributed by atoms with Gasteiger partial charge in [0.1, 0.15) is 16.9 Å². The number of nitrogens with one attached hydrogen (secondary N) is 1. The molecule has 0 saturated heterocycles. The number of para-hydroxylation sites is 1. The first-order chi connectivity index (χ1) is 14.5. The van der Waals surface area contributed by atoms with Crippen molar-refractivity contribution in [3.8, 4) is 5.75 Å². The molecule has 0 radical (unpaired) electrons. The lowest BCUT2D eigenvalue weighted by molar-refractivity contribution is -0.134. The highest BCUT2D eigenvalue weighted by molar-refractivity contribution is 6.09. The van der Waals surface area contributed by atoms with Crippen molar-refractivity contribution in [2.24, 2.45) is 0 Å². The molecular weight excluding hydrogens is 382 g/mol. The smallest absolute Gasteiger partial charge is 0.339 e. The molecule has 1 aliphatic heterocycles. The molecule has 0 fully saturated rings. The summed E-state index contributed by atoms with van der Waals surface area (Å²) in [5.41, 5.74) is 1.77. The maximum atomic E-state index is 13.1. The summed E-state index contributed by atoms with van der Waals surface area (Å²) in [5.74, 6) is -0.443. The van der Waals surface area contributed by atoms with Crippen LogP contribution in [0.3, 0.4) is 0 Å². The molecule has 30 heavy (non-hydrogen) atoms. The SMILES string of the molecule is COc1cc2c(cc1NC(=O)[C@@]1(C)Cc3ccccc3C(=O)O1)oc1ccccc12. The number of hydrogen-bond donors (Lipinski definition) is 1. The summed E-state index contributed by atoms with van der Waals surface area (Å²) in [6.07, 6.45) is 0.288. The standard InChI is InChI=1S/C24H19NO5/c1-24(13-14-7-3-4-8-15(14)22(26)30-24)23(27)25-18-12-20-17(11-21(18)28-2)16-9-5-6-10-19(16)29-20/h3-12H,13H2,1-2H3,(H,25,27)/t24-/m1/s1. The van der Waals surface area contributed by atoms with Gasteiger partial charge < -0.3 is 19.2 Å². The minimum absolute atomic E-state index is 0.288. The van der Waals surface area contributed by atoms with Gasteiger partial charge in [-0.05, 0) is 30.7 Å². The Kier molecular flexibility index (Phi) is 4.03. The molecule has 6 nitrogen and oxygen atoms in total. The summed E-state index contributed by atoms with van der Waals surface area (Å²) in [5, 5.41) is 4.72. The number of methoxy groups -OCH3 is 1. The molecule has 0 bridgehead atoms. The second-order valence-electron chi connectivity index (χ2n) is 7.56. The van der Waals surface area contributed by atoms with Crippen molar-refractivity contribution < 1.29 is 23.5 Å². The number of ether oxygens (including phenoxy) is 2. The molecule has 4 aromatic rings.